The summed E-state index contributed by atoms with van der Waals surface area (Å²) in [5.41, 5.74) is -8.95. The SMILES string of the molecule is [B]C([B])(c1cccc(CNc2cccc(C)c2CN(C=O)C(O)(C(=O)NC)C([B])(O)C([B])(O)C=O)c1F)N1CC(C)OC(C)C1. The molecule has 1 fully saturated rings. The van der Waals surface area contributed by atoms with Crippen molar-refractivity contribution in [2.75, 3.05) is 25.5 Å². The zero-order valence-electron chi connectivity index (χ0n) is 25.7. The Morgan fingerprint density at radius 1 is 1.09 bits per heavy atom. The fourth-order valence-electron chi connectivity index (χ4n) is 5.41. The normalized spacial score (nSPS) is 21.4. The molecule has 0 aliphatic carbocycles. The third-order valence-corrected chi connectivity index (χ3v) is 8.07. The van der Waals surface area contributed by atoms with Crippen LogP contribution in [0.3, 0.4) is 0 Å². The highest BCUT2D eigenvalue weighted by atomic mass is 19.1. The van der Waals surface area contributed by atoms with Crippen molar-refractivity contribution in [1.29, 1.82) is 0 Å². The Labute approximate surface area is 267 Å². The van der Waals surface area contributed by atoms with Crippen molar-refractivity contribution in [3.63, 3.8) is 0 Å². The van der Waals surface area contributed by atoms with Crippen LogP contribution >= 0.6 is 0 Å². The summed E-state index contributed by atoms with van der Waals surface area (Å²) in [6, 6.07) is 9.59. The number of halogens is 1. The first kappa shape index (κ1) is 36.3. The van der Waals surface area contributed by atoms with Crippen molar-refractivity contribution in [3.05, 3.63) is 64.5 Å². The van der Waals surface area contributed by atoms with Crippen LogP contribution in [0.2, 0.25) is 0 Å². The Kier molecular flexibility index (Phi) is 11.0. The van der Waals surface area contributed by atoms with E-state index in [0.717, 1.165) is 7.05 Å². The van der Waals surface area contributed by atoms with Crippen molar-refractivity contribution in [2.45, 2.75) is 68.1 Å². The summed E-state index contributed by atoms with van der Waals surface area (Å²) in [5, 5.41) is 36.0. The quantitative estimate of drug-likeness (QED) is 0.104. The predicted molar refractivity (Wildman–Crippen MR) is 168 cm³/mol. The number of anilines is 1. The second-order valence-corrected chi connectivity index (χ2v) is 11.4. The minimum atomic E-state index is -3.59. The van der Waals surface area contributed by atoms with Crippen LogP contribution in [0.15, 0.2) is 36.4 Å². The van der Waals surface area contributed by atoms with Gasteiger partial charge in [0.1, 0.15) is 38.8 Å². The number of rotatable bonds is 13. The van der Waals surface area contributed by atoms with Crippen LogP contribution in [-0.4, -0.2) is 124 Å². The highest BCUT2D eigenvalue weighted by Gasteiger charge is 2.63. The summed E-state index contributed by atoms with van der Waals surface area (Å²) in [5.74, 6) is -2.09. The lowest BCUT2D eigenvalue weighted by Crippen LogP contribution is -2.79. The molecule has 5 unspecified atom stereocenters. The number of nitrogens with zero attached hydrogens (tertiary/aromatic N) is 2. The number of likely N-dealkylation sites (N-methyl/N-ethyl adjacent to an activating group) is 1. The largest absolute Gasteiger partial charge is 0.392 e. The number of nitrogens with one attached hydrogen (secondary N) is 2. The van der Waals surface area contributed by atoms with E-state index in [4.69, 9.17) is 36.1 Å². The highest BCUT2D eigenvalue weighted by Crippen LogP contribution is 2.34. The van der Waals surface area contributed by atoms with E-state index in [1.807, 2.05) is 19.2 Å². The third kappa shape index (κ3) is 6.85. The summed E-state index contributed by atoms with van der Waals surface area (Å²) in [4.78, 5) is 38.7. The minimum absolute atomic E-state index is 0.0112. The second-order valence-electron chi connectivity index (χ2n) is 11.4. The molecule has 2 amide bonds. The number of hydrogen-bond donors (Lipinski definition) is 5. The maximum absolute atomic E-state index is 15.9. The molecular weight excluding hydrogens is 579 g/mol. The molecule has 8 radical (unpaired) electrons. The molecule has 2 aromatic carbocycles. The Bertz CT molecular complexity index is 1410. The molecule has 1 aliphatic heterocycles. The third-order valence-electron chi connectivity index (χ3n) is 8.07. The molecule has 1 heterocycles. The molecule has 45 heavy (non-hydrogen) atoms. The molecular formula is C29H35B4FN4O7. The Balaban J connectivity index is 1.96. The van der Waals surface area contributed by atoms with Crippen LogP contribution in [0.4, 0.5) is 10.1 Å². The molecule has 3 rings (SSSR count). The maximum atomic E-state index is 15.9. The summed E-state index contributed by atoms with van der Waals surface area (Å²) >= 11 is 0. The number of carbonyl (C=O) groups is 3. The molecule has 11 nitrogen and oxygen atoms in total. The lowest BCUT2D eigenvalue weighted by molar-refractivity contribution is -0.225. The van der Waals surface area contributed by atoms with Gasteiger partial charge in [0.15, 0.2) is 0 Å². The number of aryl methyl sites for hydroxylation is 1. The van der Waals surface area contributed by atoms with Crippen molar-refractivity contribution >= 4 is 55.7 Å². The lowest BCUT2D eigenvalue weighted by atomic mass is 9.54. The number of amides is 2. The molecule has 0 aromatic heterocycles. The maximum Gasteiger partial charge on any atom is 0.275 e. The zero-order valence-corrected chi connectivity index (χ0v) is 25.7. The molecule has 232 valence electrons. The van der Waals surface area contributed by atoms with Gasteiger partial charge >= 0.3 is 0 Å². The van der Waals surface area contributed by atoms with Gasteiger partial charge in [0.25, 0.3) is 5.91 Å². The van der Waals surface area contributed by atoms with E-state index >= 15 is 4.39 Å². The van der Waals surface area contributed by atoms with Crippen LogP contribution in [0.1, 0.15) is 36.1 Å². The fraction of sp³-hybridized carbons (Fsp3) is 0.483. The number of carbonyl (C=O) groups excluding carboxylic acids is 3. The average molecular weight is 614 g/mol. The highest BCUT2D eigenvalue weighted by molar-refractivity contribution is 6.39. The Morgan fingerprint density at radius 2 is 1.69 bits per heavy atom. The van der Waals surface area contributed by atoms with Gasteiger partial charge in [-0.3, -0.25) is 9.59 Å². The number of benzene rings is 2. The summed E-state index contributed by atoms with van der Waals surface area (Å²) in [6.45, 7) is 5.52. The van der Waals surface area contributed by atoms with Crippen molar-refractivity contribution in [3.8, 4) is 0 Å². The van der Waals surface area contributed by atoms with E-state index in [-0.39, 0.29) is 42.6 Å². The van der Waals surface area contributed by atoms with Gasteiger partial charge in [-0.2, -0.15) is 0 Å². The van der Waals surface area contributed by atoms with Gasteiger partial charge in [0, 0.05) is 37.9 Å². The fourth-order valence-corrected chi connectivity index (χ4v) is 5.41. The van der Waals surface area contributed by atoms with Gasteiger partial charge in [-0.1, -0.05) is 30.3 Å². The second kappa shape index (κ2) is 13.7. The van der Waals surface area contributed by atoms with Crippen molar-refractivity contribution in [2.24, 2.45) is 0 Å². The summed E-state index contributed by atoms with van der Waals surface area (Å²) < 4.78 is 21.7. The van der Waals surface area contributed by atoms with Gasteiger partial charge in [-0.25, -0.2) is 4.39 Å². The van der Waals surface area contributed by atoms with E-state index in [1.54, 1.807) is 42.2 Å². The van der Waals surface area contributed by atoms with E-state index < -0.39 is 40.3 Å². The van der Waals surface area contributed by atoms with Crippen LogP contribution in [0.5, 0.6) is 0 Å². The van der Waals surface area contributed by atoms with E-state index in [2.05, 4.69) is 5.32 Å². The molecule has 1 saturated heterocycles. The van der Waals surface area contributed by atoms with Crippen LogP contribution in [-0.2, 0) is 37.5 Å². The molecule has 0 bridgehead atoms. The minimum Gasteiger partial charge on any atom is -0.392 e. The molecule has 5 N–H and O–H groups in total. The molecule has 1 aliphatic rings. The van der Waals surface area contributed by atoms with Crippen molar-refractivity contribution < 1.29 is 38.8 Å². The van der Waals surface area contributed by atoms with Crippen LogP contribution in [0.25, 0.3) is 0 Å². The lowest BCUT2D eigenvalue weighted by Gasteiger charge is -2.50. The number of hydrogen-bond acceptors (Lipinski definition) is 9. The molecule has 2 aromatic rings. The van der Waals surface area contributed by atoms with Gasteiger partial charge < -0.3 is 45.3 Å². The molecule has 0 saturated carbocycles. The van der Waals surface area contributed by atoms with Gasteiger partial charge in [0.05, 0.1) is 34.4 Å². The predicted octanol–water partition coefficient (Wildman–Crippen LogP) is -1.39. The van der Waals surface area contributed by atoms with E-state index in [1.165, 1.54) is 6.07 Å². The first-order chi connectivity index (χ1) is 20.9. The molecule has 0 spiro atoms. The van der Waals surface area contributed by atoms with Crippen LogP contribution < -0.4 is 10.6 Å². The standard InChI is InChI=1S/C29H35B4FN4O7/c1-17-7-5-10-23(21(17)14-38(16-40)27(43,25(41)35-4)29(33,44)26(30,42)15-39)36-11-20-8-6-9-22(24(20)34)28(31,32)37-12-18(2)45-19(3)13-37/h5-10,15-16,18-19,36,42-44H,11-14H2,1-4H3,(H,35,41). The van der Waals surface area contributed by atoms with Crippen LogP contribution in [0, 0.1) is 12.7 Å². The number of morpholine rings is 1. The zero-order chi connectivity index (χ0) is 34.0. The van der Waals surface area contributed by atoms with Gasteiger partial charge in [-0.15, -0.1) is 0 Å². The summed E-state index contributed by atoms with van der Waals surface area (Å²) in [6.07, 6.45) is -0.715. The number of aldehydes is 1. The molecule has 16 heteroatoms. The first-order valence-electron chi connectivity index (χ1n) is 14.1. The van der Waals surface area contributed by atoms with E-state index in [9.17, 15) is 29.7 Å². The average Bonchev–Trinajstić information content (AvgIpc) is 2.98. The first-order valence-corrected chi connectivity index (χ1v) is 14.1. The van der Waals surface area contributed by atoms with E-state index in [0.29, 0.717) is 34.8 Å². The number of ether oxygens (including phenoxy) is 1. The summed E-state index contributed by atoms with van der Waals surface area (Å²) in [7, 11) is 25.1. The Hall–Kier alpha value is -3.16. The monoisotopic (exact) mass is 614 g/mol. The smallest absolute Gasteiger partial charge is 0.275 e. The van der Waals surface area contributed by atoms with Gasteiger partial charge in [0.2, 0.25) is 12.1 Å². The number of aliphatic hydroxyl groups is 3. The van der Waals surface area contributed by atoms with Gasteiger partial charge in [-0.05, 0) is 48.9 Å². The molecule has 5 atom stereocenters. The Morgan fingerprint density at radius 3 is 2.24 bits per heavy atom. The van der Waals surface area contributed by atoms with Crippen molar-refractivity contribution in [1.82, 2.24) is 15.1 Å². The topological polar surface area (TPSA) is 152 Å².